The molecule has 4 atom stereocenters. The van der Waals surface area contributed by atoms with Gasteiger partial charge in [-0.3, -0.25) is 9.59 Å². The molecule has 1 heterocycles. The van der Waals surface area contributed by atoms with Crippen molar-refractivity contribution < 1.29 is 9.59 Å². The van der Waals surface area contributed by atoms with Crippen molar-refractivity contribution in [3.8, 4) is 6.07 Å². The van der Waals surface area contributed by atoms with Crippen molar-refractivity contribution in [1.82, 2.24) is 10.2 Å². The van der Waals surface area contributed by atoms with E-state index in [1.165, 1.54) is 0 Å². The minimum atomic E-state index is -0.564. The first-order valence-corrected chi connectivity index (χ1v) is 14.6. The molecular weight excluding hydrogens is 494 g/mol. The van der Waals surface area contributed by atoms with E-state index in [-0.39, 0.29) is 29.7 Å². The summed E-state index contributed by atoms with van der Waals surface area (Å²) in [5.41, 5.74) is 2.53. The molecule has 2 fully saturated rings. The molecule has 2 amide bonds. The van der Waals surface area contributed by atoms with Crippen LogP contribution in [0, 0.1) is 29.1 Å². The number of piperidine rings is 1. The maximum Gasteiger partial charge on any atom is 0.243 e. The van der Waals surface area contributed by atoms with E-state index in [9.17, 15) is 14.9 Å². The predicted molar refractivity (Wildman–Crippen MR) is 157 cm³/mol. The normalized spacial score (nSPS) is 21.0. The number of amides is 2. The average molecular weight is 534 g/mol. The fraction of sp³-hybridized carbons (Fsp3) is 0.400. The molecule has 1 unspecified atom stereocenters. The monoisotopic (exact) mass is 533 g/mol. The lowest BCUT2D eigenvalue weighted by molar-refractivity contribution is -0.139. The molecule has 5 nitrogen and oxygen atoms in total. The third kappa shape index (κ3) is 5.68. The molecule has 40 heavy (non-hydrogen) atoms. The zero-order valence-corrected chi connectivity index (χ0v) is 23.5. The molecular formula is C35H39N3O2. The number of benzene rings is 3. The summed E-state index contributed by atoms with van der Waals surface area (Å²) in [7, 11) is 0. The highest BCUT2D eigenvalue weighted by molar-refractivity contribution is 5.89. The Morgan fingerprint density at radius 2 is 1.50 bits per heavy atom. The highest BCUT2D eigenvalue weighted by atomic mass is 16.2. The van der Waals surface area contributed by atoms with Gasteiger partial charge in [0.15, 0.2) is 0 Å². The summed E-state index contributed by atoms with van der Waals surface area (Å²) in [6.07, 6.45) is 3.62. The van der Waals surface area contributed by atoms with E-state index >= 15 is 0 Å². The van der Waals surface area contributed by atoms with Crippen molar-refractivity contribution in [3.05, 3.63) is 108 Å². The zero-order chi connectivity index (χ0) is 28.1. The SMILES string of the molecule is CC(C)[C@@](C#N)(CCCCC(=O)N1C[C@@H]2C[C@H]2C1C(=O)NC(c1ccccc1)c1ccccc1)c1ccccc1. The van der Waals surface area contributed by atoms with Gasteiger partial charge in [-0.05, 0) is 53.7 Å². The van der Waals surface area contributed by atoms with Gasteiger partial charge in [-0.2, -0.15) is 5.26 Å². The molecule has 206 valence electrons. The van der Waals surface area contributed by atoms with E-state index in [0.717, 1.165) is 29.5 Å². The fourth-order valence-electron chi connectivity index (χ4n) is 6.51. The molecule has 0 aromatic heterocycles. The van der Waals surface area contributed by atoms with Crippen molar-refractivity contribution in [2.45, 2.75) is 63.5 Å². The van der Waals surface area contributed by atoms with Gasteiger partial charge in [0.2, 0.25) is 11.8 Å². The lowest BCUT2D eigenvalue weighted by atomic mass is 9.69. The van der Waals surface area contributed by atoms with Crippen LogP contribution in [0.2, 0.25) is 0 Å². The molecule has 1 aliphatic carbocycles. The minimum Gasteiger partial charge on any atom is -0.343 e. The third-order valence-corrected chi connectivity index (χ3v) is 8.98. The maximum atomic E-state index is 13.7. The molecule has 0 bridgehead atoms. The molecule has 0 spiro atoms. The second-order valence-corrected chi connectivity index (χ2v) is 11.7. The number of fused-ring (bicyclic) bond motifs is 1. The minimum absolute atomic E-state index is 0.0511. The molecule has 1 aliphatic heterocycles. The van der Waals surface area contributed by atoms with Gasteiger partial charge in [0.25, 0.3) is 0 Å². The highest BCUT2D eigenvalue weighted by Gasteiger charge is 2.56. The number of hydrogen-bond acceptors (Lipinski definition) is 3. The second-order valence-electron chi connectivity index (χ2n) is 11.7. The Kier molecular flexibility index (Phi) is 8.35. The van der Waals surface area contributed by atoms with Crippen LogP contribution in [0.25, 0.3) is 0 Å². The van der Waals surface area contributed by atoms with Crippen LogP contribution in [0.3, 0.4) is 0 Å². The van der Waals surface area contributed by atoms with Crippen LogP contribution in [0.15, 0.2) is 91.0 Å². The van der Waals surface area contributed by atoms with Crippen LogP contribution < -0.4 is 5.32 Å². The summed E-state index contributed by atoms with van der Waals surface area (Å²) in [5, 5.41) is 13.5. The molecule has 5 rings (SSSR count). The molecule has 2 aliphatic rings. The predicted octanol–water partition coefficient (Wildman–Crippen LogP) is 6.42. The van der Waals surface area contributed by atoms with Crippen LogP contribution in [0.5, 0.6) is 0 Å². The van der Waals surface area contributed by atoms with Crippen LogP contribution in [-0.2, 0) is 15.0 Å². The molecule has 1 N–H and O–H groups in total. The Balaban J connectivity index is 1.23. The second kappa shape index (κ2) is 12.1. The smallest absolute Gasteiger partial charge is 0.243 e. The lowest BCUT2D eigenvalue weighted by Crippen LogP contribution is -2.49. The van der Waals surface area contributed by atoms with Gasteiger partial charge in [-0.15, -0.1) is 0 Å². The Labute approximate surface area is 238 Å². The van der Waals surface area contributed by atoms with Gasteiger partial charge < -0.3 is 10.2 Å². The van der Waals surface area contributed by atoms with Crippen LogP contribution in [-0.4, -0.2) is 29.3 Å². The summed E-state index contributed by atoms with van der Waals surface area (Å²) in [6, 6.07) is 31.9. The quantitative estimate of drug-likeness (QED) is 0.289. The number of rotatable bonds is 11. The Morgan fingerprint density at radius 3 is 2.05 bits per heavy atom. The van der Waals surface area contributed by atoms with E-state index in [2.05, 4.69) is 25.2 Å². The van der Waals surface area contributed by atoms with Gasteiger partial charge in [0.05, 0.1) is 17.5 Å². The summed E-state index contributed by atoms with van der Waals surface area (Å²) in [5.74, 6) is 0.827. The number of likely N-dealkylation sites (tertiary alicyclic amines) is 1. The van der Waals surface area contributed by atoms with Gasteiger partial charge in [-0.25, -0.2) is 0 Å². The van der Waals surface area contributed by atoms with Crippen molar-refractivity contribution in [3.63, 3.8) is 0 Å². The van der Waals surface area contributed by atoms with Crippen molar-refractivity contribution in [1.29, 1.82) is 5.26 Å². The number of carbonyl (C=O) groups excluding carboxylic acids is 2. The number of nitriles is 1. The average Bonchev–Trinajstić information content (AvgIpc) is 3.65. The van der Waals surface area contributed by atoms with Crippen molar-refractivity contribution >= 4 is 11.8 Å². The van der Waals surface area contributed by atoms with Crippen LogP contribution in [0.1, 0.15) is 68.7 Å². The molecule has 3 aromatic carbocycles. The van der Waals surface area contributed by atoms with Crippen molar-refractivity contribution in [2.24, 2.45) is 17.8 Å². The van der Waals surface area contributed by atoms with E-state index in [1.807, 2.05) is 95.9 Å². The lowest BCUT2D eigenvalue weighted by Gasteiger charge is -2.32. The number of unbranched alkanes of at least 4 members (excludes halogenated alkanes) is 1. The summed E-state index contributed by atoms with van der Waals surface area (Å²) in [6.45, 7) is 4.86. The Hall–Kier alpha value is -3.91. The molecule has 5 heteroatoms. The Morgan fingerprint density at radius 1 is 0.925 bits per heavy atom. The van der Waals surface area contributed by atoms with E-state index in [0.29, 0.717) is 31.7 Å². The third-order valence-electron chi connectivity index (χ3n) is 8.98. The Bertz CT molecular complexity index is 1300. The standard InChI is InChI=1S/C35H39N3O2/c1-25(2)35(24-36,29-18-10-5-11-19-29)21-13-12-20-31(39)38-23-28-22-30(28)33(38)34(40)37-32(26-14-6-3-7-15-26)27-16-8-4-9-17-27/h3-11,14-19,25,28,30,32-33H,12-13,20-23H2,1-2H3,(H,37,40)/t28-,30+,33?,35-/m0/s1. The number of nitrogens with one attached hydrogen (secondary N) is 1. The highest BCUT2D eigenvalue weighted by Crippen LogP contribution is 2.50. The summed E-state index contributed by atoms with van der Waals surface area (Å²) in [4.78, 5) is 29.0. The van der Waals surface area contributed by atoms with Crippen LogP contribution in [0.4, 0.5) is 0 Å². The van der Waals surface area contributed by atoms with Gasteiger partial charge in [-0.1, -0.05) is 111 Å². The van der Waals surface area contributed by atoms with Gasteiger partial charge in [0.1, 0.15) is 6.04 Å². The first-order valence-electron chi connectivity index (χ1n) is 14.6. The van der Waals surface area contributed by atoms with E-state index in [1.54, 1.807) is 0 Å². The molecule has 0 radical (unpaired) electrons. The number of carbonyl (C=O) groups is 2. The summed E-state index contributed by atoms with van der Waals surface area (Å²) >= 11 is 0. The molecule has 1 saturated carbocycles. The van der Waals surface area contributed by atoms with E-state index < -0.39 is 11.5 Å². The van der Waals surface area contributed by atoms with Crippen LogP contribution >= 0.6 is 0 Å². The first-order chi connectivity index (χ1) is 19.4. The fourth-order valence-corrected chi connectivity index (χ4v) is 6.51. The molecule has 3 aromatic rings. The largest absolute Gasteiger partial charge is 0.343 e. The summed E-state index contributed by atoms with van der Waals surface area (Å²) < 4.78 is 0. The van der Waals surface area contributed by atoms with Gasteiger partial charge in [0, 0.05) is 13.0 Å². The first kappa shape index (κ1) is 27.6. The van der Waals surface area contributed by atoms with Crippen molar-refractivity contribution in [2.75, 3.05) is 6.54 Å². The molecule has 1 saturated heterocycles. The van der Waals surface area contributed by atoms with Gasteiger partial charge >= 0.3 is 0 Å². The topological polar surface area (TPSA) is 73.2 Å². The van der Waals surface area contributed by atoms with E-state index in [4.69, 9.17) is 0 Å². The number of nitrogens with zero attached hydrogens (tertiary/aromatic N) is 2. The number of hydrogen-bond donors (Lipinski definition) is 1. The maximum absolute atomic E-state index is 13.7. The zero-order valence-electron chi connectivity index (χ0n) is 23.5.